The van der Waals surface area contributed by atoms with Crippen molar-refractivity contribution < 1.29 is 4.92 Å². The van der Waals surface area contributed by atoms with E-state index < -0.39 is 0 Å². The minimum Gasteiger partial charge on any atom is -0.304 e. The van der Waals surface area contributed by atoms with Gasteiger partial charge in [0.1, 0.15) is 0 Å². The topological polar surface area (TPSA) is 49.6 Å². The van der Waals surface area contributed by atoms with Gasteiger partial charge in [-0.1, -0.05) is 17.7 Å². The van der Waals surface area contributed by atoms with Gasteiger partial charge in [0, 0.05) is 37.8 Å². The molecular formula is C14H20ClN3O2. The summed E-state index contributed by atoms with van der Waals surface area (Å²) >= 11 is 6.09. The molecule has 0 bridgehead atoms. The van der Waals surface area contributed by atoms with Gasteiger partial charge in [-0.15, -0.1) is 0 Å². The molecule has 1 saturated heterocycles. The maximum Gasteiger partial charge on any atom is 0.274 e. The zero-order valence-corrected chi connectivity index (χ0v) is 12.5. The van der Waals surface area contributed by atoms with Crippen LogP contribution in [0, 0.1) is 10.1 Å². The van der Waals surface area contributed by atoms with E-state index in [2.05, 4.69) is 16.8 Å². The molecule has 1 aliphatic heterocycles. The van der Waals surface area contributed by atoms with Crippen LogP contribution in [0.5, 0.6) is 0 Å². The molecule has 0 unspecified atom stereocenters. The lowest BCUT2D eigenvalue weighted by Crippen LogP contribution is -2.44. The quantitative estimate of drug-likeness (QED) is 0.619. The Bertz CT molecular complexity index is 473. The summed E-state index contributed by atoms with van der Waals surface area (Å²) in [7, 11) is 2.13. The third-order valence-electron chi connectivity index (χ3n) is 3.79. The fourth-order valence-corrected chi connectivity index (χ4v) is 2.78. The summed E-state index contributed by atoms with van der Waals surface area (Å²) in [5.74, 6) is 0. The van der Waals surface area contributed by atoms with Crippen LogP contribution in [0.3, 0.4) is 0 Å². The summed E-state index contributed by atoms with van der Waals surface area (Å²) in [5.41, 5.74) is 0.796. The molecule has 0 saturated carbocycles. The van der Waals surface area contributed by atoms with Gasteiger partial charge in [0.2, 0.25) is 0 Å². The van der Waals surface area contributed by atoms with Crippen molar-refractivity contribution in [3.05, 3.63) is 38.9 Å². The van der Waals surface area contributed by atoms with Gasteiger partial charge in [-0.3, -0.25) is 10.1 Å². The zero-order valence-electron chi connectivity index (χ0n) is 11.7. The van der Waals surface area contributed by atoms with Crippen molar-refractivity contribution in [2.75, 3.05) is 39.8 Å². The molecule has 6 heteroatoms. The van der Waals surface area contributed by atoms with Gasteiger partial charge in [-0.2, -0.15) is 0 Å². The minimum absolute atomic E-state index is 0.135. The number of hydrogen-bond donors (Lipinski definition) is 0. The van der Waals surface area contributed by atoms with E-state index in [1.165, 1.54) is 6.07 Å². The van der Waals surface area contributed by atoms with Gasteiger partial charge in [-0.05, 0) is 32.5 Å². The van der Waals surface area contributed by atoms with Crippen molar-refractivity contribution in [3.8, 4) is 0 Å². The van der Waals surface area contributed by atoms with Crippen molar-refractivity contribution in [3.63, 3.8) is 0 Å². The first-order valence-electron chi connectivity index (χ1n) is 6.90. The standard InChI is InChI=1S/C14H20ClN3O2/c1-16-8-10-17(11-9-16)7-3-4-12-13(15)5-2-6-14(12)18(19)20/h2,5-6H,3-4,7-11H2,1H3. The highest BCUT2D eigenvalue weighted by atomic mass is 35.5. The van der Waals surface area contributed by atoms with Crippen molar-refractivity contribution in [2.45, 2.75) is 12.8 Å². The summed E-state index contributed by atoms with van der Waals surface area (Å²) < 4.78 is 0. The Kier molecular flexibility index (Phi) is 5.34. The monoisotopic (exact) mass is 297 g/mol. The molecular weight excluding hydrogens is 278 g/mol. The van der Waals surface area contributed by atoms with Gasteiger partial charge >= 0.3 is 0 Å². The molecule has 1 aliphatic rings. The summed E-state index contributed by atoms with van der Waals surface area (Å²) in [6.07, 6.45) is 1.55. The molecule has 0 aliphatic carbocycles. The van der Waals surface area contributed by atoms with Crippen LogP contribution in [0.15, 0.2) is 18.2 Å². The molecule has 0 aromatic heterocycles. The fraction of sp³-hybridized carbons (Fsp3) is 0.571. The number of nitro benzene ring substituents is 1. The second-order valence-corrected chi connectivity index (χ2v) is 5.65. The van der Waals surface area contributed by atoms with Gasteiger partial charge in [0.25, 0.3) is 5.69 Å². The van der Waals surface area contributed by atoms with E-state index >= 15 is 0 Å². The minimum atomic E-state index is -0.350. The maximum atomic E-state index is 11.0. The predicted octanol–water partition coefficient (Wildman–Crippen LogP) is 2.43. The number of nitrogens with zero attached hydrogens (tertiary/aromatic N) is 3. The van der Waals surface area contributed by atoms with E-state index in [9.17, 15) is 10.1 Å². The second-order valence-electron chi connectivity index (χ2n) is 5.24. The fourth-order valence-electron chi connectivity index (χ4n) is 2.52. The van der Waals surface area contributed by atoms with Crippen molar-refractivity contribution >= 4 is 17.3 Å². The number of likely N-dealkylation sites (N-methyl/N-ethyl adjacent to an activating group) is 1. The Morgan fingerprint density at radius 3 is 2.65 bits per heavy atom. The Morgan fingerprint density at radius 1 is 1.30 bits per heavy atom. The molecule has 20 heavy (non-hydrogen) atoms. The van der Waals surface area contributed by atoms with Crippen molar-refractivity contribution in [1.29, 1.82) is 0 Å². The lowest BCUT2D eigenvalue weighted by Gasteiger charge is -2.32. The summed E-state index contributed by atoms with van der Waals surface area (Å²) in [6.45, 7) is 5.29. The Morgan fingerprint density at radius 2 is 2.00 bits per heavy atom. The lowest BCUT2D eigenvalue weighted by molar-refractivity contribution is -0.385. The third kappa shape index (κ3) is 3.91. The number of halogens is 1. The molecule has 5 nitrogen and oxygen atoms in total. The normalized spacial score (nSPS) is 17.3. The predicted molar refractivity (Wildman–Crippen MR) is 80.4 cm³/mol. The second kappa shape index (κ2) is 7.02. The first-order chi connectivity index (χ1) is 9.58. The Balaban J connectivity index is 1.89. The first-order valence-corrected chi connectivity index (χ1v) is 7.28. The molecule has 110 valence electrons. The highest BCUT2D eigenvalue weighted by Crippen LogP contribution is 2.27. The van der Waals surface area contributed by atoms with Crippen LogP contribution in [0.25, 0.3) is 0 Å². The number of benzene rings is 1. The molecule has 0 N–H and O–H groups in total. The van der Waals surface area contributed by atoms with Crippen LogP contribution in [-0.2, 0) is 6.42 Å². The highest BCUT2D eigenvalue weighted by Gasteiger charge is 2.17. The van der Waals surface area contributed by atoms with Crippen molar-refractivity contribution in [2.24, 2.45) is 0 Å². The number of rotatable bonds is 5. The van der Waals surface area contributed by atoms with E-state index in [4.69, 9.17) is 11.6 Å². The molecule has 0 spiro atoms. The van der Waals surface area contributed by atoms with Gasteiger partial charge in [0.15, 0.2) is 0 Å². The third-order valence-corrected chi connectivity index (χ3v) is 4.14. The SMILES string of the molecule is CN1CCN(CCCc2c(Cl)cccc2[N+](=O)[O-])CC1. The van der Waals surface area contributed by atoms with Crippen LogP contribution in [0.1, 0.15) is 12.0 Å². The first kappa shape index (κ1) is 15.2. The molecule has 1 aromatic carbocycles. The number of piperazine rings is 1. The van der Waals surface area contributed by atoms with Crippen molar-refractivity contribution in [1.82, 2.24) is 9.80 Å². The van der Waals surface area contributed by atoms with E-state index in [0.717, 1.165) is 39.1 Å². The van der Waals surface area contributed by atoms with Crippen LogP contribution in [-0.4, -0.2) is 54.5 Å². The van der Waals surface area contributed by atoms with E-state index in [0.29, 0.717) is 17.0 Å². The molecule has 1 fully saturated rings. The molecule has 0 amide bonds. The number of nitro groups is 1. The van der Waals surface area contributed by atoms with Crippen LogP contribution >= 0.6 is 11.6 Å². The van der Waals surface area contributed by atoms with Crippen LogP contribution in [0.4, 0.5) is 5.69 Å². The van der Waals surface area contributed by atoms with E-state index in [1.807, 2.05) is 0 Å². The molecule has 0 atom stereocenters. The Hall–Kier alpha value is -1.17. The number of hydrogen-bond acceptors (Lipinski definition) is 4. The lowest BCUT2D eigenvalue weighted by atomic mass is 10.1. The van der Waals surface area contributed by atoms with E-state index in [1.54, 1.807) is 12.1 Å². The summed E-state index contributed by atoms with van der Waals surface area (Å²) in [4.78, 5) is 15.4. The smallest absolute Gasteiger partial charge is 0.274 e. The molecule has 2 rings (SSSR count). The average molecular weight is 298 g/mol. The van der Waals surface area contributed by atoms with Gasteiger partial charge in [0.05, 0.1) is 9.95 Å². The van der Waals surface area contributed by atoms with Gasteiger partial charge in [-0.25, -0.2) is 0 Å². The van der Waals surface area contributed by atoms with Crippen LogP contribution < -0.4 is 0 Å². The summed E-state index contributed by atoms with van der Waals surface area (Å²) in [5, 5.41) is 11.5. The average Bonchev–Trinajstić information content (AvgIpc) is 2.42. The highest BCUT2D eigenvalue weighted by molar-refractivity contribution is 6.31. The molecule has 1 heterocycles. The molecule has 0 radical (unpaired) electrons. The Labute approximate surface area is 124 Å². The summed E-state index contributed by atoms with van der Waals surface area (Å²) in [6, 6.07) is 4.88. The molecule has 1 aromatic rings. The maximum absolute atomic E-state index is 11.0. The zero-order chi connectivity index (χ0) is 14.5. The van der Waals surface area contributed by atoms with Gasteiger partial charge < -0.3 is 9.80 Å². The largest absolute Gasteiger partial charge is 0.304 e. The van der Waals surface area contributed by atoms with Crippen LogP contribution in [0.2, 0.25) is 5.02 Å². The van der Waals surface area contributed by atoms with E-state index in [-0.39, 0.29) is 10.6 Å².